The highest BCUT2D eigenvalue weighted by Gasteiger charge is 2.38. The number of aromatic nitrogens is 1. The number of nitrogens with zero attached hydrogens (tertiary/aromatic N) is 2. The van der Waals surface area contributed by atoms with Gasteiger partial charge in [0.05, 0.1) is 15.2 Å². The number of carbonyl (C=O) groups excluding carboxylic acids is 1. The summed E-state index contributed by atoms with van der Waals surface area (Å²) in [6.45, 7) is 4.18. The van der Waals surface area contributed by atoms with Gasteiger partial charge >= 0.3 is 6.18 Å². The number of hydrogen-bond acceptors (Lipinski definition) is 5. The van der Waals surface area contributed by atoms with Crippen LogP contribution >= 0.6 is 0 Å². The lowest BCUT2D eigenvalue weighted by atomic mass is 10.2. The van der Waals surface area contributed by atoms with Crippen molar-refractivity contribution in [3.63, 3.8) is 0 Å². The molecule has 0 aliphatic carbocycles. The molecule has 0 saturated carbocycles. The highest BCUT2D eigenvalue weighted by molar-refractivity contribution is 7.92. The molecule has 10 heteroatoms. The van der Waals surface area contributed by atoms with Gasteiger partial charge in [-0.1, -0.05) is 6.07 Å². The van der Waals surface area contributed by atoms with Crippen molar-refractivity contribution < 1.29 is 26.4 Å². The Hall–Kier alpha value is -2.62. The summed E-state index contributed by atoms with van der Waals surface area (Å²) in [6.07, 6.45) is -1.02. The number of benzene rings is 1. The molecule has 0 radical (unpaired) electrons. The van der Waals surface area contributed by atoms with Crippen LogP contribution in [0.15, 0.2) is 47.5 Å². The first-order valence-electron chi connectivity index (χ1n) is 9.83. The van der Waals surface area contributed by atoms with Gasteiger partial charge < -0.3 is 10.2 Å². The van der Waals surface area contributed by atoms with Gasteiger partial charge in [0.25, 0.3) is 5.91 Å². The molecule has 6 nitrogen and oxygen atoms in total. The van der Waals surface area contributed by atoms with Gasteiger partial charge in [0.1, 0.15) is 5.82 Å². The van der Waals surface area contributed by atoms with Crippen molar-refractivity contribution in [2.75, 3.05) is 24.5 Å². The third kappa shape index (κ3) is 5.00. The summed E-state index contributed by atoms with van der Waals surface area (Å²) in [5.41, 5.74) is -0.705. The Balaban J connectivity index is 1.74. The highest BCUT2D eigenvalue weighted by Crippen LogP contribution is 2.33. The van der Waals surface area contributed by atoms with Gasteiger partial charge in [0.2, 0.25) is 0 Å². The molecule has 3 rings (SSSR count). The van der Waals surface area contributed by atoms with E-state index in [0.717, 1.165) is 44.1 Å². The van der Waals surface area contributed by atoms with E-state index in [9.17, 15) is 26.4 Å². The Morgan fingerprint density at radius 1 is 1.13 bits per heavy atom. The maximum Gasteiger partial charge on any atom is 0.416 e. The zero-order chi connectivity index (χ0) is 22.9. The summed E-state index contributed by atoms with van der Waals surface area (Å²) in [6, 6.07) is 6.79. The van der Waals surface area contributed by atoms with Crippen LogP contribution in [0.1, 0.15) is 42.6 Å². The van der Waals surface area contributed by atoms with Gasteiger partial charge in [0, 0.05) is 31.4 Å². The van der Waals surface area contributed by atoms with Crippen molar-refractivity contribution in [3.05, 3.63) is 53.7 Å². The molecule has 0 bridgehead atoms. The molecule has 0 unspecified atom stereocenters. The van der Waals surface area contributed by atoms with Crippen molar-refractivity contribution in [1.82, 2.24) is 10.3 Å². The summed E-state index contributed by atoms with van der Waals surface area (Å²) in [5, 5.41) is 2.59. The van der Waals surface area contributed by atoms with Crippen LogP contribution in [0.25, 0.3) is 0 Å². The van der Waals surface area contributed by atoms with Crippen LogP contribution in [0.2, 0.25) is 0 Å². The first-order valence-corrected chi connectivity index (χ1v) is 11.3. The number of hydrogen-bond donors (Lipinski definition) is 1. The molecule has 31 heavy (non-hydrogen) atoms. The van der Waals surface area contributed by atoms with Crippen molar-refractivity contribution >= 4 is 21.6 Å². The lowest BCUT2D eigenvalue weighted by Gasteiger charge is -2.26. The van der Waals surface area contributed by atoms with Crippen molar-refractivity contribution in [3.8, 4) is 0 Å². The van der Waals surface area contributed by atoms with E-state index in [0.29, 0.717) is 17.4 Å². The van der Waals surface area contributed by atoms with Gasteiger partial charge in [-0.2, -0.15) is 13.2 Å². The molecule has 1 fully saturated rings. The lowest BCUT2D eigenvalue weighted by molar-refractivity contribution is -0.137. The minimum Gasteiger partial charge on any atom is -0.357 e. The van der Waals surface area contributed by atoms with Gasteiger partial charge in [-0.05, 0) is 57.0 Å². The second kappa shape index (κ2) is 8.49. The van der Waals surface area contributed by atoms with E-state index in [4.69, 9.17) is 0 Å². The number of sulfone groups is 1. The van der Waals surface area contributed by atoms with Crippen LogP contribution in [0, 0.1) is 0 Å². The van der Waals surface area contributed by atoms with E-state index in [1.165, 1.54) is 26.1 Å². The fraction of sp³-hybridized carbons (Fsp3) is 0.429. The SMILES string of the molecule is CC(C)(CNC(=O)c1ccnc(N2CCCC2)c1)S(=O)(=O)c1cccc(C(F)(F)F)c1. The monoisotopic (exact) mass is 455 g/mol. The van der Waals surface area contributed by atoms with Crippen molar-refractivity contribution in [2.45, 2.75) is 42.5 Å². The second-order valence-corrected chi connectivity index (χ2v) is 10.7. The Morgan fingerprint density at radius 2 is 1.81 bits per heavy atom. The molecule has 1 aromatic carbocycles. The molecule has 0 atom stereocenters. The zero-order valence-electron chi connectivity index (χ0n) is 17.2. The van der Waals surface area contributed by atoms with Crippen LogP contribution in [0.4, 0.5) is 19.0 Å². The molecular weight excluding hydrogens is 431 g/mol. The first kappa shape index (κ1) is 23.1. The fourth-order valence-corrected chi connectivity index (χ4v) is 4.77. The standard InChI is InChI=1S/C21H24F3N3O3S/c1-20(2,31(29,30)17-7-5-6-16(13-17)21(22,23)24)14-26-19(28)15-8-9-25-18(12-15)27-10-3-4-11-27/h5-9,12-13H,3-4,10-11,14H2,1-2H3,(H,26,28). The molecule has 0 spiro atoms. The third-order valence-corrected chi connectivity index (χ3v) is 7.79. The average molecular weight is 456 g/mol. The summed E-state index contributed by atoms with van der Waals surface area (Å²) < 4.78 is 63.4. The Kier molecular flexibility index (Phi) is 6.31. The van der Waals surface area contributed by atoms with E-state index in [-0.39, 0.29) is 6.54 Å². The number of rotatable bonds is 6. The second-order valence-electron chi connectivity index (χ2n) is 8.07. The summed E-state index contributed by atoms with van der Waals surface area (Å²) in [5.74, 6) is 0.205. The Bertz CT molecular complexity index is 1060. The third-order valence-electron chi connectivity index (χ3n) is 5.31. The number of amides is 1. The molecular formula is C21H24F3N3O3S. The smallest absolute Gasteiger partial charge is 0.357 e. The number of alkyl halides is 3. The number of nitrogens with one attached hydrogen (secondary N) is 1. The van der Waals surface area contributed by atoms with Crippen molar-refractivity contribution in [1.29, 1.82) is 0 Å². The van der Waals surface area contributed by atoms with E-state index >= 15 is 0 Å². The van der Waals surface area contributed by atoms with E-state index < -0.39 is 37.1 Å². The normalized spacial score (nSPS) is 15.2. The van der Waals surface area contributed by atoms with Crippen LogP contribution in [-0.4, -0.2) is 43.7 Å². The van der Waals surface area contributed by atoms with E-state index in [1.807, 2.05) is 0 Å². The molecule has 1 aliphatic rings. The molecule has 1 aliphatic heterocycles. The van der Waals surface area contributed by atoms with Gasteiger partial charge in [-0.3, -0.25) is 4.79 Å². The predicted octanol–water partition coefficient (Wildman–Crippen LogP) is 3.68. The zero-order valence-corrected chi connectivity index (χ0v) is 18.1. The molecule has 1 saturated heterocycles. The fourth-order valence-electron chi connectivity index (χ4n) is 3.33. The van der Waals surface area contributed by atoms with Crippen LogP contribution in [-0.2, 0) is 16.0 Å². The topological polar surface area (TPSA) is 79.4 Å². The highest BCUT2D eigenvalue weighted by atomic mass is 32.2. The maximum atomic E-state index is 13.0. The molecule has 168 valence electrons. The molecule has 2 heterocycles. The van der Waals surface area contributed by atoms with E-state index in [1.54, 1.807) is 6.07 Å². The van der Waals surface area contributed by atoms with Gasteiger partial charge in [-0.25, -0.2) is 13.4 Å². The lowest BCUT2D eigenvalue weighted by Crippen LogP contribution is -2.44. The number of carbonyl (C=O) groups is 1. The van der Waals surface area contributed by atoms with Crippen LogP contribution in [0.3, 0.4) is 0 Å². The number of anilines is 1. The molecule has 1 aromatic heterocycles. The van der Waals surface area contributed by atoms with Crippen molar-refractivity contribution in [2.24, 2.45) is 0 Å². The Morgan fingerprint density at radius 3 is 2.45 bits per heavy atom. The Labute approximate surface area is 179 Å². The quantitative estimate of drug-likeness (QED) is 0.719. The minimum atomic E-state index is -4.65. The predicted molar refractivity (Wildman–Crippen MR) is 111 cm³/mol. The van der Waals surface area contributed by atoms with Crippen LogP contribution in [0.5, 0.6) is 0 Å². The molecule has 1 amide bonds. The maximum absolute atomic E-state index is 13.0. The summed E-state index contributed by atoms with van der Waals surface area (Å²) in [7, 11) is -4.16. The van der Waals surface area contributed by atoms with Gasteiger partial charge in [-0.15, -0.1) is 0 Å². The summed E-state index contributed by atoms with van der Waals surface area (Å²) in [4.78, 5) is 18.5. The van der Waals surface area contributed by atoms with Gasteiger partial charge in [0.15, 0.2) is 9.84 Å². The molecule has 1 N–H and O–H groups in total. The number of pyridine rings is 1. The number of halogens is 3. The minimum absolute atomic E-state index is 0.272. The molecule has 2 aromatic rings. The largest absolute Gasteiger partial charge is 0.416 e. The van der Waals surface area contributed by atoms with Crippen LogP contribution < -0.4 is 10.2 Å². The summed E-state index contributed by atoms with van der Waals surface area (Å²) >= 11 is 0. The first-order chi connectivity index (χ1) is 14.4. The van der Waals surface area contributed by atoms with E-state index in [2.05, 4.69) is 15.2 Å². The average Bonchev–Trinajstić information content (AvgIpc) is 3.26.